The first kappa shape index (κ1) is 12.3. The Bertz CT molecular complexity index is 331. The van der Waals surface area contributed by atoms with Gasteiger partial charge in [-0.2, -0.15) is 0 Å². The summed E-state index contributed by atoms with van der Waals surface area (Å²) in [6, 6.07) is 0.284. The van der Waals surface area contributed by atoms with Crippen LogP contribution in [0.3, 0.4) is 0 Å². The molecule has 1 N–H and O–H groups in total. The highest BCUT2D eigenvalue weighted by Crippen LogP contribution is 2.14. The lowest BCUT2D eigenvalue weighted by molar-refractivity contribution is 0.212. The van der Waals surface area contributed by atoms with Crippen molar-refractivity contribution in [1.82, 2.24) is 14.5 Å². The Hall–Kier alpha value is -0.170. The Morgan fingerprint density at radius 3 is 2.81 bits per heavy atom. The zero-order chi connectivity index (χ0) is 11.6. The lowest BCUT2D eigenvalue weighted by Gasteiger charge is -2.35. The van der Waals surface area contributed by atoms with Crippen LogP contribution < -0.4 is 5.32 Å². The van der Waals surface area contributed by atoms with Crippen molar-refractivity contribution in [3.8, 4) is 0 Å². The average molecular weight is 247 g/mol. The molecule has 0 aromatic heterocycles. The molecule has 2 aliphatic rings. The second-order valence-corrected chi connectivity index (χ2v) is 6.88. The summed E-state index contributed by atoms with van der Waals surface area (Å²) in [5.74, 6) is 0.329. The number of nitrogens with zero attached hydrogens (tertiary/aromatic N) is 2. The highest BCUT2D eigenvalue weighted by Gasteiger charge is 2.29. The Morgan fingerprint density at radius 2 is 2.12 bits per heavy atom. The molecule has 0 aliphatic carbocycles. The Kier molecular flexibility index (Phi) is 3.84. The molecule has 6 heteroatoms. The van der Waals surface area contributed by atoms with Crippen LogP contribution in [0.15, 0.2) is 0 Å². The minimum absolute atomic E-state index is 0.284. The molecule has 0 aromatic carbocycles. The van der Waals surface area contributed by atoms with Crippen LogP contribution in [0.1, 0.15) is 12.8 Å². The standard InChI is InChI=1S/C10H21N3O2S/c1-12-6-4-11-10(8-12)9-13-5-2-3-7-16(13,14)15/h10-11H,2-9H2,1H3. The van der Waals surface area contributed by atoms with E-state index in [1.165, 1.54) is 0 Å². The van der Waals surface area contributed by atoms with E-state index in [-0.39, 0.29) is 6.04 Å². The van der Waals surface area contributed by atoms with E-state index in [1.54, 1.807) is 4.31 Å². The van der Waals surface area contributed by atoms with Crippen LogP contribution in [0.4, 0.5) is 0 Å². The number of hydrogen-bond donors (Lipinski definition) is 1. The molecule has 2 fully saturated rings. The summed E-state index contributed by atoms with van der Waals surface area (Å²) in [4.78, 5) is 2.25. The predicted octanol–water partition coefficient (Wildman–Crippen LogP) is -0.684. The van der Waals surface area contributed by atoms with E-state index in [0.29, 0.717) is 18.8 Å². The van der Waals surface area contributed by atoms with Gasteiger partial charge in [0, 0.05) is 38.8 Å². The lowest BCUT2D eigenvalue weighted by Crippen LogP contribution is -2.55. The fourth-order valence-corrected chi connectivity index (χ4v) is 4.05. The maximum Gasteiger partial charge on any atom is 0.214 e. The molecule has 1 atom stereocenters. The molecule has 2 rings (SSSR count). The third-order valence-electron chi connectivity index (χ3n) is 3.34. The molecule has 0 aromatic rings. The fraction of sp³-hybridized carbons (Fsp3) is 1.00. The van der Waals surface area contributed by atoms with Gasteiger partial charge in [0.2, 0.25) is 10.0 Å². The van der Waals surface area contributed by atoms with Crippen molar-refractivity contribution in [3.63, 3.8) is 0 Å². The topological polar surface area (TPSA) is 52.6 Å². The van der Waals surface area contributed by atoms with E-state index in [1.807, 2.05) is 0 Å². The zero-order valence-corrected chi connectivity index (χ0v) is 10.7. The molecular formula is C10H21N3O2S. The molecule has 5 nitrogen and oxygen atoms in total. The average Bonchev–Trinajstić information content (AvgIpc) is 2.21. The van der Waals surface area contributed by atoms with Gasteiger partial charge in [0.15, 0.2) is 0 Å². The predicted molar refractivity (Wildman–Crippen MR) is 63.9 cm³/mol. The van der Waals surface area contributed by atoms with Crippen molar-refractivity contribution in [1.29, 1.82) is 0 Å². The number of rotatable bonds is 2. The summed E-state index contributed by atoms with van der Waals surface area (Å²) in [6.07, 6.45) is 1.82. The molecule has 1 unspecified atom stereocenters. The lowest BCUT2D eigenvalue weighted by atomic mass is 10.2. The molecule has 0 bridgehead atoms. The first-order valence-corrected chi connectivity index (χ1v) is 7.58. The van der Waals surface area contributed by atoms with Crippen molar-refractivity contribution in [2.75, 3.05) is 45.5 Å². The summed E-state index contributed by atoms with van der Waals surface area (Å²) in [6.45, 7) is 4.27. The molecule has 2 aliphatic heterocycles. The quantitative estimate of drug-likeness (QED) is 0.702. The highest BCUT2D eigenvalue weighted by molar-refractivity contribution is 7.89. The largest absolute Gasteiger partial charge is 0.310 e. The minimum Gasteiger partial charge on any atom is -0.310 e. The van der Waals surface area contributed by atoms with Crippen molar-refractivity contribution in [2.45, 2.75) is 18.9 Å². The van der Waals surface area contributed by atoms with Crippen LogP contribution in [-0.4, -0.2) is 69.2 Å². The Balaban J connectivity index is 1.92. The van der Waals surface area contributed by atoms with Gasteiger partial charge in [-0.15, -0.1) is 0 Å². The van der Waals surface area contributed by atoms with E-state index < -0.39 is 10.0 Å². The van der Waals surface area contributed by atoms with E-state index in [9.17, 15) is 8.42 Å². The number of likely N-dealkylation sites (N-methyl/N-ethyl adjacent to an activating group) is 1. The van der Waals surface area contributed by atoms with Gasteiger partial charge in [-0.05, 0) is 19.9 Å². The summed E-state index contributed by atoms with van der Waals surface area (Å²) >= 11 is 0. The number of piperazine rings is 1. The van der Waals surface area contributed by atoms with Gasteiger partial charge in [-0.25, -0.2) is 12.7 Å². The summed E-state index contributed by atoms with van der Waals surface area (Å²) in [5.41, 5.74) is 0. The zero-order valence-electron chi connectivity index (χ0n) is 9.85. The van der Waals surface area contributed by atoms with E-state index in [2.05, 4.69) is 17.3 Å². The monoisotopic (exact) mass is 247 g/mol. The van der Waals surface area contributed by atoms with Crippen LogP contribution in [0.25, 0.3) is 0 Å². The number of hydrogen-bond acceptors (Lipinski definition) is 4. The second-order valence-electron chi connectivity index (χ2n) is 4.79. The number of nitrogens with one attached hydrogen (secondary N) is 1. The van der Waals surface area contributed by atoms with Crippen molar-refractivity contribution >= 4 is 10.0 Å². The summed E-state index contributed by atoms with van der Waals surface area (Å²) in [7, 11) is -0.884. The van der Waals surface area contributed by atoms with Crippen LogP contribution in [0.2, 0.25) is 0 Å². The molecule has 0 radical (unpaired) electrons. The van der Waals surface area contributed by atoms with Crippen LogP contribution in [0.5, 0.6) is 0 Å². The fourth-order valence-electron chi connectivity index (χ4n) is 2.41. The molecule has 16 heavy (non-hydrogen) atoms. The van der Waals surface area contributed by atoms with Gasteiger partial charge in [0.25, 0.3) is 0 Å². The van der Waals surface area contributed by atoms with Crippen LogP contribution >= 0.6 is 0 Å². The summed E-state index contributed by atoms with van der Waals surface area (Å²) < 4.78 is 25.3. The van der Waals surface area contributed by atoms with Gasteiger partial charge in [0.1, 0.15) is 0 Å². The summed E-state index contributed by atoms with van der Waals surface area (Å²) in [5, 5.41) is 3.39. The van der Waals surface area contributed by atoms with Crippen LogP contribution in [0, 0.1) is 0 Å². The van der Waals surface area contributed by atoms with Crippen molar-refractivity contribution in [2.24, 2.45) is 0 Å². The molecule has 0 saturated carbocycles. The Labute approximate surface area is 97.8 Å². The first-order valence-electron chi connectivity index (χ1n) is 5.98. The van der Waals surface area contributed by atoms with Crippen molar-refractivity contribution < 1.29 is 8.42 Å². The number of sulfonamides is 1. The van der Waals surface area contributed by atoms with Crippen LogP contribution in [-0.2, 0) is 10.0 Å². The SMILES string of the molecule is CN1CCNC(CN2CCCCS2(=O)=O)C1. The highest BCUT2D eigenvalue weighted by atomic mass is 32.2. The van der Waals surface area contributed by atoms with Gasteiger partial charge in [-0.3, -0.25) is 0 Å². The smallest absolute Gasteiger partial charge is 0.214 e. The normalized spacial score (nSPS) is 32.7. The van der Waals surface area contributed by atoms with Gasteiger partial charge >= 0.3 is 0 Å². The van der Waals surface area contributed by atoms with Crippen molar-refractivity contribution in [3.05, 3.63) is 0 Å². The van der Waals surface area contributed by atoms with E-state index in [0.717, 1.165) is 32.5 Å². The Morgan fingerprint density at radius 1 is 1.31 bits per heavy atom. The maximum absolute atomic E-state index is 11.8. The molecule has 94 valence electrons. The maximum atomic E-state index is 11.8. The van der Waals surface area contributed by atoms with Gasteiger partial charge < -0.3 is 10.2 Å². The molecule has 2 heterocycles. The first-order chi connectivity index (χ1) is 7.58. The van der Waals surface area contributed by atoms with Gasteiger partial charge in [0.05, 0.1) is 5.75 Å². The third-order valence-corrected chi connectivity index (χ3v) is 5.26. The molecule has 0 amide bonds. The molecular weight excluding hydrogens is 226 g/mol. The molecule has 2 saturated heterocycles. The van der Waals surface area contributed by atoms with E-state index >= 15 is 0 Å². The third kappa shape index (κ3) is 2.94. The minimum atomic E-state index is -2.97. The molecule has 0 spiro atoms. The second kappa shape index (κ2) is 5.00. The van der Waals surface area contributed by atoms with Gasteiger partial charge in [-0.1, -0.05) is 0 Å². The van der Waals surface area contributed by atoms with E-state index in [4.69, 9.17) is 0 Å².